The Bertz CT molecular complexity index is 512. The van der Waals surface area contributed by atoms with Crippen molar-refractivity contribution in [3.05, 3.63) is 40.4 Å². The molecule has 1 N–H and O–H groups in total. The Kier molecular flexibility index (Phi) is 5.73. The first-order valence-corrected chi connectivity index (χ1v) is 8.11. The molecule has 0 bridgehead atoms. The number of benzene rings is 1. The third-order valence-corrected chi connectivity index (χ3v) is 4.18. The summed E-state index contributed by atoms with van der Waals surface area (Å²) in [6.07, 6.45) is 4.98. The summed E-state index contributed by atoms with van der Waals surface area (Å²) in [6.45, 7) is 5.81. The molecule has 21 heavy (non-hydrogen) atoms. The minimum Gasteiger partial charge on any atom is -0.370 e. The minimum atomic E-state index is -0.237. The predicted molar refractivity (Wildman–Crippen MR) is 89.2 cm³/mol. The van der Waals surface area contributed by atoms with Crippen molar-refractivity contribution < 1.29 is 9.53 Å². The van der Waals surface area contributed by atoms with E-state index in [0.29, 0.717) is 6.42 Å². The molecule has 0 saturated carbocycles. The van der Waals surface area contributed by atoms with Gasteiger partial charge in [0.15, 0.2) is 5.78 Å². The topological polar surface area (TPSA) is 38.3 Å². The largest absolute Gasteiger partial charge is 0.370 e. The molecule has 114 valence electrons. The summed E-state index contributed by atoms with van der Waals surface area (Å²) < 4.78 is 6.99. The normalized spacial score (nSPS) is 26.1. The van der Waals surface area contributed by atoms with E-state index in [9.17, 15) is 4.79 Å². The second kappa shape index (κ2) is 7.34. The van der Waals surface area contributed by atoms with Gasteiger partial charge in [0.2, 0.25) is 0 Å². The summed E-state index contributed by atoms with van der Waals surface area (Å²) in [4.78, 5) is 12.0. The monoisotopic (exact) mass is 351 g/mol. The molecular weight excluding hydrogens is 330 g/mol. The molecule has 4 heteroatoms. The number of hydrogen-bond acceptors (Lipinski definition) is 3. The van der Waals surface area contributed by atoms with Crippen molar-refractivity contribution >= 4 is 27.8 Å². The van der Waals surface area contributed by atoms with Gasteiger partial charge in [-0.15, -0.1) is 0 Å². The fourth-order valence-corrected chi connectivity index (χ4v) is 2.75. The molecule has 2 atom stereocenters. The number of carbonyl (C=O) groups is 1. The van der Waals surface area contributed by atoms with E-state index in [-0.39, 0.29) is 17.5 Å². The average molecular weight is 352 g/mol. The van der Waals surface area contributed by atoms with Crippen LogP contribution < -0.4 is 5.32 Å². The van der Waals surface area contributed by atoms with Crippen LogP contribution in [0.4, 0.5) is 0 Å². The van der Waals surface area contributed by atoms with Gasteiger partial charge in [0, 0.05) is 24.0 Å². The molecule has 3 nitrogen and oxygen atoms in total. The van der Waals surface area contributed by atoms with Crippen molar-refractivity contribution in [1.29, 1.82) is 0 Å². The third-order valence-electron chi connectivity index (χ3n) is 3.65. The summed E-state index contributed by atoms with van der Waals surface area (Å²) in [7, 11) is 0. The molecular formula is C17H22BrNO2. The molecule has 2 rings (SSSR count). The summed E-state index contributed by atoms with van der Waals surface area (Å²) in [5.74, 6) is 0.140. The molecule has 1 aliphatic rings. The highest BCUT2D eigenvalue weighted by atomic mass is 79.9. The second-order valence-corrected chi connectivity index (χ2v) is 6.78. The number of nitrogens with one attached hydrogen (secondary N) is 1. The van der Waals surface area contributed by atoms with Gasteiger partial charge >= 0.3 is 0 Å². The van der Waals surface area contributed by atoms with E-state index in [1.165, 1.54) is 0 Å². The molecule has 0 aliphatic carbocycles. The number of allylic oxidation sites excluding steroid dienone is 1. The van der Waals surface area contributed by atoms with Gasteiger partial charge in [0.1, 0.15) is 0 Å². The van der Waals surface area contributed by atoms with Crippen LogP contribution >= 0.6 is 15.9 Å². The van der Waals surface area contributed by atoms with Crippen LogP contribution in [0.15, 0.2) is 34.8 Å². The van der Waals surface area contributed by atoms with Crippen molar-refractivity contribution in [2.45, 2.75) is 38.4 Å². The van der Waals surface area contributed by atoms with Crippen LogP contribution in [0.1, 0.15) is 32.3 Å². The molecule has 1 aromatic rings. The van der Waals surface area contributed by atoms with Gasteiger partial charge in [-0.05, 0) is 44.0 Å². The van der Waals surface area contributed by atoms with Crippen molar-refractivity contribution in [3.8, 4) is 0 Å². The maximum absolute atomic E-state index is 12.0. The molecule has 1 heterocycles. The fourth-order valence-electron chi connectivity index (χ4n) is 2.49. The van der Waals surface area contributed by atoms with Crippen molar-refractivity contribution in [2.24, 2.45) is 0 Å². The average Bonchev–Trinajstić information content (AvgIpc) is 2.44. The van der Waals surface area contributed by atoms with E-state index >= 15 is 0 Å². The van der Waals surface area contributed by atoms with Gasteiger partial charge < -0.3 is 10.1 Å². The van der Waals surface area contributed by atoms with Crippen LogP contribution in [-0.2, 0) is 9.53 Å². The van der Waals surface area contributed by atoms with Crippen LogP contribution in [0.5, 0.6) is 0 Å². The summed E-state index contributed by atoms with van der Waals surface area (Å²) >= 11 is 3.39. The van der Waals surface area contributed by atoms with Crippen molar-refractivity contribution in [3.63, 3.8) is 0 Å². The predicted octanol–water partition coefficient (Wildman–Crippen LogP) is 3.58. The van der Waals surface area contributed by atoms with Gasteiger partial charge in [-0.25, -0.2) is 0 Å². The van der Waals surface area contributed by atoms with Crippen molar-refractivity contribution in [1.82, 2.24) is 5.32 Å². The molecule has 1 fully saturated rings. The molecule has 0 spiro atoms. The van der Waals surface area contributed by atoms with E-state index in [0.717, 1.165) is 29.5 Å². The SMILES string of the molecule is CC1CNCC(C)(CCC(=O)/C=C/c2ccc(Br)cc2)O1. The van der Waals surface area contributed by atoms with Gasteiger partial charge in [-0.2, -0.15) is 0 Å². The lowest BCUT2D eigenvalue weighted by molar-refractivity contribution is -0.121. The highest BCUT2D eigenvalue weighted by Gasteiger charge is 2.30. The van der Waals surface area contributed by atoms with Crippen LogP contribution in [0.25, 0.3) is 6.08 Å². The third kappa shape index (κ3) is 5.38. The smallest absolute Gasteiger partial charge is 0.155 e. The lowest BCUT2D eigenvalue weighted by atomic mass is 9.96. The summed E-state index contributed by atoms with van der Waals surface area (Å²) in [5.41, 5.74) is 0.792. The molecule has 2 unspecified atom stereocenters. The number of hydrogen-bond donors (Lipinski definition) is 1. The van der Waals surface area contributed by atoms with Crippen LogP contribution in [-0.4, -0.2) is 30.6 Å². The number of carbonyl (C=O) groups excluding carboxylic acids is 1. The Balaban J connectivity index is 1.83. The first-order chi connectivity index (χ1) is 9.97. The van der Waals surface area contributed by atoms with E-state index in [1.54, 1.807) is 6.08 Å². The number of ketones is 1. The zero-order chi connectivity index (χ0) is 15.3. The number of halogens is 1. The first-order valence-electron chi connectivity index (χ1n) is 7.32. The van der Waals surface area contributed by atoms with E-state index in [1.807, 2.05) is 30.3 Å². The quantitative estimate of drug-likeness (QED) is 0.824. The Morgan fingerprint density at radius 1 is 1.48 bits per heavy atom. The highest BCUT2D eigenvalue weighted by molar-refractivity contribution is 9.10. The van der Waals surface area contributed by atoms with Gasteiger partial charge in [-0.1, -0.05) is 34.1 Å². The molecule has 0 aromatic heterocycles. The lowest BCUT2D eigenvalue weighted by Gasteiger charge is -2.38. The van der Waals surface area contributed by atoms with Gasteiger partial charge in [0.05, 0.1) is 11.7 Å². The maximum Gasteiger partial charge on any atom is 0.155 e. The van der Waals surface area contributed by atoms with E-state index < -0.39 is 0 Å². The minimum absolute atomic E-state index is 0.140. The van der Waals surface area contributed by atoms with Crippen molar-refractivity contribution in [2.75, 3.05) is 13.1 Å². The molecule has 1 saturated heterocycles. The standard InChI is InChI=1S/C17H22BrNO2/c1-13-11-19-12-17(2,21-13)10-9-16(20)8-5-14-3-6-15(18)7-4-14/h3-8,13,19H,9-12H2,1-2H3/b8-5+. The first kappa shape index (κ1) is 16.4. The summed E-state index contributed by atoms with van der Waals surface area (Å²) in [5, 5.41) is 3.35. The Labute approximate surface area is 134 Å². The number of ether oxygens (including phenoxy) is 1. The zero-order valence-corrected chi connectivity index (χ0v) is 14.2. The van der Waals surface area contributed by atoms with E-state index in [2.05, 4.69) is 35.1 Å². The van der Waals surface area contributed by atoms with E-state index in [4.69, 9.17) is 4.74 Å². The Hall–Kier alpha value is -0.970. The molecule has 0 radical (unpaired) electrons. The molecule has 1 aliphatic heterocycles. The zero-order valence-electron chi connectivity index (χ0n) is 12.6. The van der Waals surface area contributed by atoms with Crippen LogP contribution in [0, 0.1) is 0 Å². The highest BCUT2D eigenvalue weighted by Crippen LogP contribution is 2.22. The summed E-state index contributed by atoms with van der Waals surface area (Å²) in [6, 6.07) is 7.89. The van der Waals surface area contributed by atoms with Crippen LogP contribution in [0.2, 0.25) is 0 Å². The number of rotatable bonds is 5. The van der Waals surface area contributed by atoms with Gasteiger partial charge in [0.25, 0.3) is 0 Å². The Morgan fingerprint density at radius 3 is 2.86 bits per heavy atom. The Morgan fingerprint density at radius 2 is 2.19 bits per heavy atom. The second-order valence-electron chi connectivity index (χ2n) is 5.86. The van der Waals surface area contributed by atoms with Crippen LogP contribution in [0.3, 0.4) is 0 Å². The maximum atomic E-state index is 12.0. The molecule has 1 aromatic carbocycles. The number of morpholine rings is 1. The fraction of sp³-hybridized carbons (Fsp3) is 0.471. The van der Waals surface area contributed by atoms with Gasteiger partial charge in [-0.3, -0.25) is 4.79 Å². The molecule has 0 amide bonds. The lowest BCUT2D eigenvalue weighted by Crippen LogP contribution is -2.51.